The van der Waals surface area contributed by atoms with E-state index in [0.29, 0.717) is 6.42 Å². The quantitative estimate of drug-likeness (QED) is 0.820. The van der Waals surface area contributed by atoms with E-state index in [9.17, 15) is 4.79 Å². The predicted octanol–water partition coefficient (Wildman–Crippen LogP) is 2.89. The molecule has 0 radical (unpaired) electrons. The van der Waals surface area contributed by atoms with E-state index in [-0.39, 0.29) is 25.4 Å². The number of likely N-dealkylation sites (tertiary alicyclic amines) is 1. The van der Waals surface area contributed by atoms with Gasteiger partial charge in [0, 0.05) is 19.2 Å². The van der Waals surface area contributed by atoms with E-state index < -0.39 is 0 Å². The number of hydrogen-bond donors (Lipinski definition) is 2. The third-order valence-corrected chi connectivity index (χ3v) is 4.66. The fourth-order valence-electron chi connectivity index (χ4n) is 3.14. The van der Waals surface area contributed by atoms with E-state index in [4.69, 9.17) is 9.84 Å². The lowest BCUT2D eigenvalue weighted by Crippen LogP contribution is -2.49. The molecule has 0 saturated carbocycles. The number of rotatable bonds is 5. The second-order valence-electron chi connectivity index (χ2n) is 6.28. The van der Waals surface area contributed by atoms with E-state index in [1.54, 1.807) is 0 Å². The minimum atomic E-state index is -0.105. The van der Waals surface area contributed by atoms with Crippen molar-refractivity contribution in [2.45, 2.75) is 52.5 Å². The fraction of sp³-hybridized carbons (Fsp3) is 0.611. The van der Waals surface area contributed by atoms with Gasteiger partial charge in [0.2, 0.25) is 0 Å². The topological polar surface area (TPSA) is 61.8 Å². The van der Waals surface area contributed by atoms with Crippen LogP contribution >= 0.6 is 0 Å². The van der Waals surface area contributed by atoms with Gasteiger partial charge >= 0.3 is 6.03 Å². The van der Waals surface area contributed by atoms with Gasteiger partial charge in [0.15, 0.2) is 6.73 Å². The molecule has 5 heteroatoms. The number of amides is 2. The van der Waals surface area contributed by atoms with Crippen molar-refractivity contribution < 1.29 is 14.6 Å². The molecule has 1 unspecified atom stereocenters. The molecule has 2 rings (SSSR count). The third-order valence-electron chi connectivity index (χ3n) is 4.66. The molecule has 128 valence electrons. The van der Waals surface area contributed by atoms with Crippen molar-refractivity contribution in [2.75, 3.05) is 19.9 Å². The van der Waals surface area contributed by atoms with Gasteiger partial charge in [-0.05, 0) is 63.1 Å². The van der Waals surface area contributed by atoms with Gasteiger partial charge < -0.3 is 20.1 Å². The Balaban J connectivity index is 1.90. The lowest BCUT2D eigenvalue weighted by Gasteiger charge is -2.35. The molecule has 1 saturated heterocycles. The Morgan fingerprint density at radius 2 is 2.04 bits per heavy atom. The van der Waals surface area contributed by atoms with E-state index in [1.165, 1.54) is 5.56 Å². The summed E-state index contributed by atoms with van der Waals surface area (Å²) in [4.78, 5) is 14.2. The van der Waals surface area contributed by atoms with Crippen LogP contribution in [0.3, 0.4) is 0 Å². The lowest BCUT2D eigenvalue weighted by molar-refractivity contribution is 0.126. The molecule has 23 heavy (non-hydrogen) atoms. The summed E-state index contributed by atoms with van der Waals surface area (Å²) in [6.07, 6.45) is 3.74. The van der Waals surface area contributed by atoms with E-state index in [1.807, 2.05) is 31.7 Å². The van der Waals surface area contributed by atoms with Crippen LogP contribution in [-0.4, -0.2) is 42.0 Å². The van der Waals surface area contributed by atoms with Crippen molar-refractivity contribution in [3.63, 3.8) is 0 Å². The molecule has 0 aliphatic carbocycles. The van der Waals surface area contributed by atoms with Gasteiger partial charge in [-0.3, -0.25) is 0 Å². The zero-order valence-electron chi connectivity index (χ0n) is 14.4. The van der Waals surface area contributed by atoms with Crippen LogP contribution < -0.4 is 10.1 Å². The number of carbonyl (C=O) groups is 1. The molecule has 0 bridgehead atoms. The molecule has 2 amide bonds. The normalized spacial score (nSPS) is 17.9. The first-order valence-corrected chi connectivity index (χ1v) is 8.39. The number of aliphatic hydroxyl groups excluding tert-OH is 1. The number of urea groups is 1. The number of hydrogen-bond acceptors (Lipinski definition) is 3. The van der Waals surface area contributed by atoms with E-state index in [2.05, 4.69) is 11.4 Å². The highest BCUT2D eigenvalue weighted by atomic mass is 16.5. The molecule has 1 aliphatic heterocycles. The number of aryl methyl sites for hydroxylation is 2. The number of carbonyl (C=O) groups excluding carboxylic acids is 1. The maximum Gasteiger partial charge on any atom is 0.320 e. The van der Waals surface area contributed by atoms with E-state index >= 15 is 0 Å². The zero-order chi connectivity index (χ0) is 16.8. The Morgan fingerprint density at radius 1 is 1.30 bits per heavy atom. The monoisotopic (exact) mass is 320 g/mol. The summed E-state index contributed by atoms with van der Waals surface area (Å²) in [5.41, 5.74) is 3.35. The van der Waals surface area contributed by atoms with Crippen molar-refractivity contribution in [1.29, 1.82) is 0 Å². The van der Waals surface area contributed by atoms with Crippen LogP contribution in [0.5, 0.6) is 5.75 Å². The van der Waals surface area contributed by atoms with Crippen molar-refractivity contribution in [3.05, 3.63) is 28.8 Å². The van der Waals surface area contributed by atoms with Gasteiger partial charge in [0.05, 0.1) is 0 Å². The van der Waals surface area contributed by atoms with Crippen LogP contribution in [0, 0.1) is 20.8 Å². The maximum absolute atomic E-state index is 12.4. The summed E-state index contributed by atoms with van der Waals surface area (Å²) in [6, 6.07) is 4.13. The van der Waals surface area contributed by atoms with Gasteiger partial charge in [0.1, 0.15) is 5.75 Å². The smallest absolute Gasteiger partial charge is 0.320 e. The van der Waals surface area contributed by atoms with Crippen molar-refractivity contribution in [3.8, 4) is 5.75 Å². The van der Waals surface area contributed by atoms with Gasteiger partial charge in [-0.1, -0.05) is 12.1 Å². The molecule has 1 fully saturated rings. The molecule has 0 spiro atoms. The predicted molar refractivity (Wildman–Crippen MR) is 90.7 cm³/mol. The molecule has 1 aliphatic rings. The summed E-state index contributed by atoms with van der Waals surface area (Å²) >= 11 is 0. The van der Waals surface area contributed by atoms with Gasteiger partial charge in [-0.25, -0.2) is 4.79 Å². The molecular formula is C18H28N2O3. The fourth-order valence-corrected chi connectivity index (χ4v) is 3.14. The minimum Gasteiger partial charge on any atom is -0.473 e. The first-order valence-electron chi connectivity index (χ1n) is 8.39. The molecule has 2 N–H and O–H groups in total. The van der Waals surface area contributed by atoms with Crippen LogP contribution in [-0.2, 0) is 0 Å². The number of ether oxygens (including phenoxy) is 1. The van der Waals surface area contributed by atoms with Gasteiger partial charge in [0.25, 0.3) is 0 Å². The van der Waals surface area contributed by atoms with E-state index in [0.717, 1.165) is 42.7 Å². The first kappa shape index (κ1) is 17.6. The van der Waals surface area contributed by atoms with Crippen molar-refractivity contribution in [2.24, 2.45) is 0 Å². The average Bonchev–Trinajstić information content (AvgIpc) is 2.55. The number of benzene rings is 1. The van der Waals surface area contributed by atoms with Crippen molar-refractivity contribution in [1.82, 2.24) is 10.2 Å². The first-order chi connectivity index (χ1) is 11.0. The molecule has 1 aromatic rings. The Kier molecular flexibility index (Phi) is 6.28. The summed E-state index contributed by atoms with van der Waals surface area (Å²) in [6.45, 7) is 7.11. The van der Waals surface area contributed by atoms with Crippen LogP contribution in [0.25, 0.3) is 0 Å². The molecule has 1 heterocycles. The highest BCUT2D eigenvalue weighted by Gasteiger charge is 2.26. The Morgan fingerprint density at radius 3 is 2.78 bits per heavy atom. The van der Waals surface area contributed by atoms with Crippen molar-refractivity contribution >= 4 is 6.03 Å². The number of aliphatic hydroxyl groups is 1. The number of nitrogens with zero attached hydrogens (tertiary/aromatic N) is 1. The summed E-state index contributed by atoms with van der Waals surface area (Å²) in [5, 5.41) is 12.0. The number of nitrogens with one attached hydrogen (secondary N) is 1. The molecule has 0 aromatic heterocycles. The Labute approximate surface area is 138 Å². The average molecular weight is 320 g/mol. The second-order valence-corrected chi connectivity index (χ2v) is 6.28. The summed E-state index contributed by atoms with van der Waals surface area (Å²) in [7, 11) is 0. The largest absolute Gasteiger partial charge is 0.473 e. The van der Waals surface area contributed by atoms with Gasteiger partial charge in [-0.15, -0.1) is 0 Å². The zero-order valence-corrected chi connectivity index (χ0v) is 14.4. The minimum absolute atomic E-state index is 0.105. The molecule has 1 atom stereocenters. The molecule has 1 aromatic carbocycles. The van der Waals surface area contributed by atoms with Crippen LogP contribution in [0.4, 0.5) is 4.79 Å². The van der Waals surface area contributed by atoms with Crippen LogP contribution in [0.2, 0.25) is 0 Å². The standard InChI is InChI=1S/C18H28N2O3/c1-13-7-8-14(2)17(15(13)3)23-12-19-18(22)20-10-5-4-6-16(20)9-11-21/h7-8,16,21H,4-6,9-12H2,1-3H3,(H,19,22). The highest BCUT2D eigenvalue weighted by Crippen LogP contribution is 2.25. The summed E-state index contributed by atoms with van der Waals surface area (Å²) in [5.74, 6) is 0.843. The summed E-state index contributed by atoms with van der Waals surface area (Å²) < 4.78 is 5.80. The Hall–Kier alpha value is -1.75. The van der Waals surface area contributed by atoms with Crippen LogP contribution in [0.1, 0.15) is 42.4 Å². The number of piperidine rings is 1. The SMILES string of the molecule is Cc1ccc(C)c(OCNC(=O)N2CCCCC2CCO)c1C. The third kappa shape index (κ3) is 4.38. The van der Waals surface area contributed by atoms with Gasteiger partial charge in [-0.2, -0.15) is 0 Å². The lowest BCUT2D eigenvalue weighted by atomic mass is 10.0. The molecule has 5 nitrogen and oxygen atoms in total. The second kappa shape index (κ2) is 8.20. The highest BCUT2D eigenvalue weighted by molar-refractivity contribution is 5.74. The maximum atomic E-state index is 12.4. The Bertz CT molecular complexity index is 543. The molecular weight excluding hydrogens is 292 g/mol. The van der Waals surface area contributed by atoms with Crippen LogP contribution in [0.15, 0.2) is 12.1 Å².